The Bertz CT molecular complexity index is 865. The van der Waals surface area contributed by atoms with Crippen LogP contribution in [0.25, 0.3) is 0 Å². The lowest BCUT2D eigenvalue weighted by atomic mass is 10.0. The van der Waals surface area contributed by atoms with Gasteiger partial charge in [0.25, 0.3) is 0 Å². The molecule has 0 fully saturated rings. The quantitative estimate of drug-likeness (QED) is 0.556. The molecular formula is C20H22N4O4. The summed E-state index contributed by atoms with van der Waals surface area (Å²) in [7, 11) is 1.32. The van der Waals surface area contributed by atoms with Crippen LogP contribution in [0.5, 0.6) is 0 Å². The van der Waals surface area contributed by atoms with Gasteiger partial charge in [-0.25, -0.2) is 4.79 Å². The standard InChI is InChI=1S/C20H22N4O4/c1-3-4-10-20(23-24-20)11-9-17(25)21-16-8-5-13-12-14(19(27)28-2)6-7-15(13)22-18(16)26/h1,6-7,12,16H,4-5,8-11H2,2H3,(H,21,25)(H,22,26). The Morgan fingerprint density at radius 1 is 1.39 bits per heavy atom. The lowest BCUT2D eigenvalue weighted by Crippen LogP contribution is -2.43. The molecule has 1 unspecified atom stereocenters. The molecule has 2 heterocycles. The summed E-state index contributed by atoms with van der Waals surface area (Å²) in [6, 6.07) is 4.34. The second-order valence-corrected chi connectivity index (χ2v) is 6.90. The Balaban J connectivity index is 1.56. The molecule has 0 radical (unpaired) electrons. The van der Waals surface area contributed by atoms with Crippen molar-refractivity contribution in [1.29, 1.82) is 0 Å². The van der Waals surface area contributed by atoms with Crippen molar-refractivity contribution in [2.24, 2.45) is 10.2 Å². The van der Waals surface area contributed by atoms with Crippen molar-refractivity contribution in [3.63, 3.8) is 0 Å². The monoisotopic (exact) mass is 382 g/mol. The Kier molecular flexibility index (Phi) is 5.73. The zero-order chi connectivity index (χ0) is 20.1. The van der Waals surface area contributed by atoms with E-state index in [1.54, 1.807) is 18.2 Å². The molecule has 2 amide bonds. The fourth-order valence-corrected chi connectivity index (χ4v) is 3.20. The van der Waals surface area contributed by atoms with Crippen LogP contribution in [0, 0.1) is 12.3 Å². The normalized spacial score (nSPS) is 18.9. The fraction of sp³-hybridized carbons (Fsp3) is 0.450. The van der Waals surface area contributed by atoms with E-state index in [9.17, 15) is 14.4 Å². The van der Waals surface area contributed by atoms with E-state index < -0.39 is 17.7 Å². The lowest BCUT2D eigenvalue weighted by Gasteiger charge is -2.16. The van der Waals surface area contributed by atoms with E-state index in [1.807, 2.05) is 0 Å². The number of benzene rings is 1. The summed E-state index contributed by atoms with van der Waals surface area (Å²) >= 11 is 0. The molecule has 0 spiro atoms. The number of nitrogens with zero attached hydrogens (tertiary/aromatic N) is 2. The molecule has 1 atom stereocenters. The number of anilines is 1. The van der Waals surface area contributed by atoms with Crippen LogP contribution in [0.3, 0.4) is 0 Å². The number of esters is 1. The van der Waals surface area contributed by atoms with Crippen LogP contribution in [0.15, 0.2) is 28.4 Å². The van der Waals surface area contributed by atoms with Crippen molar-refractivity contribution >= 4 is 23.5 Å². The van der Waals surface area contributed by atoms with E-state index in [0.29, 0.717) is 43.4 Å². The summed E-state index contributed by atoms with van der Waals surface area (Å²) in [5.74, 6) is 1.62. The molecule has 2 N–H and O–H groups in total. The van der Waals surface area contributed by atoms with Crippen molar-refractivity contribution in [2.75, 3.05) is 12.4 Å². The molecule has 8 heteroatoms. The Morgan fingerprint density at radius 3 is 2.86 bits per heavy atom. The van der Waals surface area contributed by atoms with Crippen molar-refractivity contribution < 1.29 is 19.1 Å². The second-order valence-electron chi connectivity index (χ2n) is 6.90. The second kappa shape index (κ2) is 8.21. The number of hydrogen-bond donors (Lipinski definition) is 2. The molecule has 0 aromatic heterocycles. The average Bonchev–Trinajstić information content (AvgIpc) is 3.49. The van der Waals surface area contributed by atoms with Gasteiger partial charge in [-0.15, -0.1) is 12.3 Å². The molecule has 0 bridgehead atoms. The van der Waals surface area contributed by atoms with Gasteiger partial charge in [0.05, 0.1) is 12.7 Å². The average molecular weight is 382 g/mol. The van der Waals surface area contributed by atoms with Crippen LogP contribution in [-0.4, -0.2) is 36.6 Å². The molecule has 0 aliphatic carbocycles. The van der Waals surface area contributed by atoms with Gasteiger partial charge in [0, 0.05) is 31.4 Å². The molecule has 146 valence electrons. The van der Waals surface area contributed by atoms with Crippen LogP contribution < -0.4 is 10.6 Å². The Labute approximate surface area is 163 Å². The number of methoxy groups -OCH3 is 1. The molecular weight excluding hydrogens is 360 g/mol. The number of ether oxygens (including phenoxy) is 1. The van der Waals surface area contributed by atoms with Gasteiger partial charge in [-0.05, 0) is 36.6 Å². The highest BCUT2D eigenvalue weighted by atomic mass is 16.5. The number of aryl methyl sites for hydroxylation is 1. The third kappa shape index (κ3) is 4.55. The topological polar surface area (TPSA) is 109 Å². The van der Waals surface area contributed by atoms with Crippen molar-refractivity contribution in [1.82, 2.24) is 5.32 Å². The van der Waals surface area contributed by atoms with Gasteiger partial charge in [0.15, 0.2) is 5.66 Å². The number of rotatable bonds is 7. The largest absolute Gasteiger partial charge is 0.465 e. The van der Waals surface area contributed by atoms with Crippen LogP contribution in [0.2, 0.25) is 0 Å². The third-order valence-electron chi connectivity index (χ3n) is 4.94. The summed E-state index contributed by atoms with van der Waals surface area (Å²) < 4.78 is 4.73. The van der Waals surface area contributed by atoms with Gasteiger partial charge in [-0.1, -0.05) is 0 Å². The number of amides is 2. The van der Waals surface area contributed by atoms with Crippen LogP contribution >= 0.6 is 0 Å². The molecule has 0 saturated carbocycles. The smallest absolute Gasteiger partial charge is 0.337 e. The van der Waals surface area contributed by atoms with Gasteiger partial charge in [-0.2, -0.15) is 10.2 Å². The number of terminal acetylenes is 1. The highest BCUT2D eigenvalue weighted by molar-refractivity contribution is 5.99. The van der Waals surface area contributed by atoms with E-state index in [0.717, 1.165) is 5.56 Å². The van der Waals surface area contributed by atoms with E-state index >= 15 is 0 Å². The fourth-order valence-electron chi connectivity index (χ4n) is 3.20. The van der Waals surface area contributed by atoms with Crippen molar-refractivity contribution in [3.8, 4) is 12.3 Å². The minimum atomic E-state index is -0.642. The van der Waals surface area contributed by atoms with Crippen LogP contribution in [-0.2, 0) is 20.7 Å². The number of fused-ring (bicyclic) bond motifs is 1. The first-order valence-electron chi connectivity index (χ1n) is 9.15. The number of nitrogens with one attached hydrogen (secondary N) is 2. The van der Waals surface area contributed by atoms with Gasteiger partial charge in [0.2, 0.25) is 11.8 Å². The summed E-state index contributed by atoms with van der Waals surface area (Å²) in [6.45, 7) is 0. The molecule has 3 rings (SSSR count). The minimum Gasteiger partial charge on any atom is -0.465 e. The molecule has 2 aliphatic heterocycles. The Morgan fingerprint density at radius 2 is 2.18 bits per heavy atom. The molecule has 1 aromatic carbocycles. The zero-order valence-electron chi connectivity index (χ0n) is 15.7. The van der Waals surface area contributed by atoms with E-state index in [4.69, 9.17) is 11.2 Å². The van der Waals surface area contributed by atoms with E-state index in [1.165, 1.54) is 7.11 Å². The van der Waals surface area contributed by atoms with E-state index in [2.05, 4.69) is 26.8 Å². The van der Waals surface area contributed by atoms with Gasteiger partial charge in [-0.3, -0.25) is 9.59 Å². The molecule has 8 nitrogen and oxygen atoms in total. The van der Waals surface area contributed by atoms with Crippen molar-refractivity contribution in [2.45, 2.75) is 50.2 Å². The van der Waals surface area contributed by atoms with Gasteiger partial charge >= 0.3 is 5.97 Å². The van der Waals surface area contributed by atoms with Crippen LogP contribution in [0.1, 0.15) is 48.0 Å². The first-order chi connectivity index (χ1) is 13.5. The maximum Gasteiger partial charge on any atom is 0.337 e. The van der Waals surface area contributed by atoms with Crippen molar-refractivity contribution in [3.05, 3.63) is 29.3 Å². The number of carbonyl (C=O) groups is 3. The third-order valence-corrected chi connectivity index (χ3v) is 4.94. The van der Waals surface area contributed by atoms with E-state index in [-0.39, 0.29) is 18.2 Å². The molecule has 0 saturated heterocycles. The molecule has 28 heavy (non-hydrogen) atoms. The van der Waals surface area contributed by atoms with Gasteiger partial charge in [0.1, 0.15) is 6.04 Å². The maximum atomic E-state index is 12.5. The highest BCUT2D eigenvalue weighted by Crippen LogP contribution is 2.37. The summed E-state index contributed by atoms with van der Waals surface area (Å²) in [5, 5.41) is 13.6. The minimum absolute atomic E-state index is 0.223. The summed E-state index contributed by atoms with van der Waals surface area (Å²) in [4.78, 5) is 36.5. The number of hydrogen-bond acceptors (Lipinski definition) is 6. The first kappa shape index (κ1) is 19.5. The predicted octanol–water partition coefficient (Wildman–Crippen LogP) is 2.20. The van der Waals surface area contributed by atoms with Crippen LogP contribution in [0.4, 0.5) is 5.69 Å². The highest BCUT2D eigenvalue weighted by Gasteiger charge is 2.39. The predicted molar refractivity (Wildman–Crippen MR) is 102 cm³/mol. The molecule has 2 aliphatic rings. The Hall–Kier alpha value is -3.21. The van der Waals surface area contributed by atoms with Gasteiger partial charge < -0.3 is 15.4 Å². The first-order valence-corrected chi connectivity index (χ1v) is 9.15. The lowest BCUT2D eigenvalue weighted by molar-refractivity contribution is -0.126. The summed E-state index contributed by atoms with van der Waals surface area (Å²) in [5.41, 5.74) is 1.37. The molecule has 1 aromatic rings. The summed E-state index contributed by atoms with van der Waals surface area (Å²) in [6.07, 6.45) is 8.14. The maximum absolute atomic E-state index is 12.5. The SMILES string of the molecule is C#CCCC1(CCC(=O)NC2CCc3cc(C(=O)OC)ccc3NC2=O)N=N1. The zero-order valence-corrected chi connectivity index (χ0v) is 15.7. The number of carbonyl (C=O) groups excluding carboxylic acids is 3.